The average molecular weight is 676 g/mol. The molecule has 2 amide bonds. The number of hydrogen-bond donors (Lipinski definition) is 3. The molecule has 2 saturated heterocycles. The smallest absolute Gasteiger partial charge is 0.255 e. The molecule has 1 saturated carbocycles. The van der Waals surface area contributed by atoms with Gasteiger partial charge in [0.15, 0.2) is 0 Å². The van der Waals surface area contributed by atoms with E-state index in [1.54, 1.807) is 6.20 Å². The van der Waals surface area contributed by atoms with Crippen molar-refractivity contribution in [1.82, 2.24) is 15.3 Å². The number of rotatable bonds is 9. The lowest BCUT2D eigenvalue weighted by Gasteiger charge is -2.38. The van der Waals surface area contributed by atoms with Gasteiger partial charge in [-0.15, -0.1) is 0 Å². The first-order valence-electron chi connectivity index (χ1n) is 16.5. The van der Waals surface area contributed by atoms with E-state index >= 15 is 8.78 Å². The van der Waals surface area contributed by atoms with Crippen molar-refractivity contribution in [3.05, 3.63) is 65.9 Å². The van der Waals surface area contributed by atoms with Gasteiger partial charge >= 0.3 is 0 Å². The number of nitrogens with zero attached hydrogens (tertiary/aromatic N) is 4. The lowest BCUT2D eigenvalue weighted by molar-refractivity contribution is -0.121. The minimum Gasteiger partial charge on any atom is -0.479 e. The molecule has 3 aromatic rings. The van der Waals surface area contributed by atoms with Gasteiger partial charge in [0.1, 0.15) is 11.5 Å². The highest BCUT2D eigenvalue weighted by atomic mass is 19.1. The van der Waals surface area contributed by atoms with Gasteiger partial charge in [0, 0.05) is 38.1 Å². The van der Waals surface area contributed by atoms with Gasteiger partial charge in [0.25, 0.3) is 11.8 Å². The van der Waals surface area contributed by atoms with Crippen LogP contribution in [0.1, 0.15) is 36.8 Å². The van der Waals surface area contributed by atoms with Crippen LogP contribution >= 0.6 is 0 Å². The number of amides is 2. The van der Waals surface area contributed by atoms with E-state index in [2.05, 4.69) is 37.4 Å². The summed E-state index contributed by atoms with van der Waals surface area (Å²) in [6, 6.07) is 7.63. The second kappa shape index (κ2) is 13.2. The van der Waals surface area contributed by atoms with Gasteiger partial charge in [0.05, 0.1) is 50.3 Å². The first-order valence-corrected chi connectivity index (χ1v) is 16.5. The van der Waals surface area contributed by atoms with Crippen molar-refractivity contribution in [2.24, 2.45) is 5.92 Å². The van der Waals surface area contributed by atoms with Crippen LogP contribution in [0.2, 0.25) is 0 Å². The summed E-state index contributed by atoms with van der Waals surface area (Å²) in [6.07, 6.45) is 6.09. The van der Waals surface area contributed by atoms with Crippen LogP contribution in [0.15, 0.2) is 43.1 Å². The molecule has 3 N–H and O–H groups in total. The molecule has 1 aromatic carbocycles. The fourth-order valence-electron chi connectivity index (χ4n) is 7.21. The number of methoxy groups -OCH3 is 2. The highest BCUT2D eigenvalue weighted by Crippen LogP contribution is 2.55. The molecule has 14 heteroatoms. The first kappa shape index (κ1) is 32.7. The molecule has 5 heterocycles. The van der Waals surface area contributed by atoms with Gasteiger partial charge < -0.3 is 40.0 Å². The van der Waals surface area contributed by atoms with Crippen LogP contribution < -0.4 is 35.2 Å². The first-order chi connectivity index (χ1) is 23.8. The molecule has 3 fully saturated rings. The number of morpholine rings is 1. The Kier molecular flexibility index (Phi) is 8.84. The van der Waals surface area contributed by atoms with Crippen molar-refractivity contribution in [3.63, 3.8) is 0 Å². The van der Waals surface area contributed by atoms with Crippen molar-refractivity contribution in [2.75, 3.05) is 67.4 Å². The summed E-state index contributed by atoms with van der Waals surface area (Å²) in [5.41, 5.74) is 2.03. The number of nitrogens with one attached hydrogen (secondary N) is 3. The zero-order valence-electron chi connectivity index (χ0n) is 27.5. The Labute approximate surface area is 282 Å². The Morgan fingerprint density at radius 3 is 2.49 bits per heavy atom. The molecule has 0 radical (unpaired) electrons. The van der Waals surface area contributed by atoms with E-state index in [9.17, 15) is 9.59 Å². The summed E-state index contributed by atoms with van der Waals surface area (Å²) in [7, 11) is 2.41. The Bertz CT molecular complexity index is 1760. The number of pyridine rings is 2. The predicted molar refractivity (Wildman–Crippen MR) is 180 cm³/mol. The van der Waals surface area contributed by atoms with Crippen LogP contribution in [0.25, 0.3) is 0 Å². The number of aromatic nitrogens is 2. The quantitative estimate of drug-likeness (QED) is 0.280. The Hall–Kier alpha value is -4.82. The lowest BCUT2D eigenvalue weighted by Crippen LogP contribution is -2.46. The maximum atomic E-state index is 15.4. The molecule has 1 atom stereocenters. The number of hydrogen-bond acceptors (Lipinski definition) is 10. The van der Waals surface area contributed by atoms with Crippen molar-refractivity contribution < 1.29 is 32.6 Å². The molecule has 1 spiro atoms. The van der Waals surface area contributed by atoms with Crippen LogP contribution in [0.3, 0.4) is 0 Å². The molecule has 7 rings (SSSR count). The summed E-state index contributed by atoms with van der Waals surface area (Å²) >= 11 is 0. The standard InChI is InChI=1S/C35H39F2N7O5/c1-4-28(45)41-24-6-5-22(43-12-7-20(8-13-43)26-18-38-11-14-49-26)15-25(24)40-27-16-23-21(17-39-27)19-44(34(46)35(23)9-10-35)31-29(36)32(47-2)42-33(48-3)30(31)37/h4-6,15-17,20,26,38H,1,7-14,18-19H2,2-3H3,(H,39,40)(H,41,45). The molecule has 4 aliphatic rings. The third kappa shape index (κ3) is 6.03. The summed E-state index contributed by atoms with van der Waals surface area (Å²) in [5.74, 6) is -2.95. The van der Waals surface area contributed by atoms with Gasteiger partial charge in [-0.05, 0) is 73.1 Å². The second-order valence-electron chi connectivity index (χ2n) is 12.8. The maximum absolute atomic E-state index is 15.4. The Morgan fingerprint density at radius 1 is 1.12 bits per heavy atom. The van der Waals surface area contributed by atoms with E-state index in [1.807, 2.05) is 24.3 Å². The van der Waals surface area contributed by atoms with Gasteiger partial charge in [-0.25, -0.2) is 4.98 Å². The maximum Gasteiger partial charge on any atom is 0.255 e. The van der Waals surface area contributed by atoms with E-state index < -0.39 is 40.4 Å². The van der Waals surface area contributed by atoms with E-state index in [-0.39, 0.29) is 18.6 Å². The van der Waals surface area contributed by atoms with Gasteiger partial charge in [-0.3, -0.25) is 9.59 Å². The highest BCUT2D eigenvalue weighted by Gasteiger charge is 2.57. The van der Waals surface area contributed by atoms with Gasteiger partial charge in [-0.2, -0.15) is 13.8 Å². The minimum atomic E-state index is -1.09. The number of fused-ring (bicyclic) bond motifs is 2. The summed E-state index contributed by atoms with van der Waals surface area (Å²) in [4.78, 5) is 38.1. The number of anilines is 5. The molecule has 1 unspecified atom stereocenters. The number of piperidine rings is 1. The molecule has 258 valence electrons. The lowest BCUT2D eigenvalue weighted by atomic mass is 9.86. The zero-order chi connectivity index (χ0) is 34.3. The number of halogens is 2. The zero-order valence-corrected chi connectivity index (χ0v) is 27.5. The van der Waals surface area contributed by atoms with Crippen LogP contribution in [-0.2, 0) is 26.3 Å². The number of carbonyl (C=O) groups is 2. The van der Waals surface area contributed by atoms with E-state index in [4.69, 9.17) is 14.2 Å². The Morgan fingerprint density at radius 2 is 1.86 bits per heavy atom. The minimum absolute atomic E-state index is 0.110. The molecule has 0 bridgehead atoms. The molecule has 2 aromatic heterocycles. The number of carbonyl (C=O) groups excluding carboxylic acids is 2. The predicted octanol–water partition coefficient (Wildman–Crippen LogP) is 4.42. The van der Waals surface area contributed by atoms with Crippen molar-refractivity contribution >= 4 is 40.4 Å². The summed E-state index contributed by atoms with van der Waals surface area (Å²) < 4.78 is 46.9. The van der Waals surface area contributed by atoms with Crippen LogP contribution in [-0.4, -0.2) is 74.9 Å². The van der Waals surface area contributed by atoms with Crippen molar-refractivity contribution in [1.29, 1.82) is 0 Å². The third-order valence-electron chi connectivity index (χ3n) is 9.98. The fraction of sp³-hybridized carbons (Fsp3) is 0.429. The molecular weight excluding hydrogens is 636 g/mol. The largest absolute Gasteiger partial charge is 0.479 e. The molecule has 12 nitrogen and oxygen atoms in total. The van der Waals surface area contributed by atoms with E-state index in [1.165, 1.54) is 20.3 Å². The Balaban J connectivity index is 1.16. The van der Waals surface area contributed by atoms with Crippen LogP contribution in [0.5, 0.6) is 11.8 Å². The van der Waals surface area contributed by atoms with Crippen LogP contribution in [0.4, 0.5) is 37.3 Å². The fourth-order valence-corrected chi connectivity index (χ4v) is 7.21. The topological polar surface area (TPSA) is 130 Å². The summed E-state index contributed by atoms with van der Waals surface area (Å²) in [6.45, 7) is 7.73. The third-order valence-corrected chi connectivity index (χ3v) is 9.98. The van der Waals surface area contributed by atoms with E-state index in [0.717, 1.165) is 61.8 Å². The van der Waals surface area contributed by atoms with Crippen LogP contribution in [0, 0.1) is 17.6 Å². The van der Waals surface area contributed by atoms with Crippen molar-refractivity contribution in [2.45, 2.75) is 43.7 Å². The molecule has 3 aliphatic heterocycles. The highest BCUT2D eigenvalue weighted by molar-refractivity contribution is 6.06. The van der Waals surface area contributed by atoms with Gasteiger partial charge in [-0.1, -0.05) is 6.58 Å². The number of ether oxygens (including phenoxy) is 3. The SMILES string of the molecule is C=CC(=O)Nc1ccc(N2CCC(C3CNCCO3)CC2)cc1Nc1cc2c(cn1)CN(c1c(F)c(OC)nc(OC)c1F)C(=O)C21CC1. The van der Waals surface area contributed by atoms with Gasteiger partial charge in [0.2, 0.25) is 23.4 Å². The molecule has 49 heavy (non-hydrogen) atoms. The van der Waals surface area contributed by atoms with E-state index in [0.29, 0.717) is 41.5 Å². The second-order valence-corrected chi connectivity index (χ2v) is 12.8. The molecule has 1 aliphatic carbocycles. The normalized spacial score (nSPS) is 20.1. The summed E-state index contributed by atoms with van der Waals surface area (Å²) in [5, 5.41) is 9.66. The number of benzene rings is 1. The molecular formula is C35H39F2N7O5. The average Bonchev–Trinajstić information content (AvgIpc) is 3.94. The van der Waals surface area contributed by atoms with Crippen molar-refractivity contribution in [3.8, 4) is 11.8 Å². The monoisotopic (exact) mass is 675 g/mol.